The molecule has 0 aromatic heterocycles. The van der Waals surface area contributed by atoms with E-state index in [1.165, 1.54) is 6.07 Å². The molecular formula is C11H10Cl2F3NO. The molecule has 0 saturated heterocycles. The van der Waals surface area contributed by atoms with Gasteiger partial charge in [-0.25, -0.2) is 13.2 Å². The molecule has 1 rings (SSSR count). The fourth-order valence-electron chi connectivity index (χ4n) is 1.38. The van der Waals surface area contributed by atoms with E-state index < -0.39 is 24.7 Å². The molecule has 0 unspecified atom stereocenters. The molecule has 0 bridgehead atoms. The summed E-state index contributed by atoms with van der Waals surface area (Å²) in [5.41, 5.74) is -0.301. The summed E-state index contributed by atoms with van der Waals surface area (Å²) in [6, 6.07) is 3.43. The highest BCUT2D eigenvalue weighted by molar-refractivity contribution is 6.30. The molecule has 0 radical (unpaired) electrons. The third kappa shape index (κ3) is 4.07. The number of alkyl halides is 3. The average Bonchev–Trinajstić information content (AvgIpc) is 2.27. The van der Waals surface area contributed by atoms with E-state index in [1.807, 2.05) is 0 Å². The maximum atomic E-state index is 13.5. The topological polar surface area (TPSA) is 20.3 Å². The van der Waals surface area contributed by atoms with Crippen molar-refractivity contribution in [1.82, 2.24) is 4.90 Å². The zero-order valence-electron chi connectivity index (χ0n) is 9.18. The van der Waals surface area contributed by atoms with Crippen LogP contribution in [0, 0.1) is 5.82 Å². The van der Waals surface area contributed by atoms with Gasteiger partial charge in [-0.05, 0) is 18.2 Å². The van der Waals surface area contributed by atoms with E-state index in [0.29, 0.717) is 0 Å². The van der Waals surface area contributed by atoms with Crippen molar-refractivity contribution in [1.29, 1.82) is 0 Å². The summed E-state index contributed by atoms with van der Waals surface area (Å²) >= 11 is 11.0. The highest BCUT2D eigenvalue weighted by Crippen LogP contribution is 2.17. The van der Waals surface area contributed by atoms with Crippen LogP contribution in [-0.4, -0.2) is 36.2 Å². The van der Waals surface area contributed by atoms with E-state index in [2.05, 4.69) is 0 Å². The Kier molecular flexibility index (Phi) is 5.75. The molecule has 1 aromatic rings. The maximum Gasteiger partial charge on any atom is 0.257 e. The van der Waals surface area contributed by atoms with Crippen LogP contribution >= 0.6 is 23.2 Å². The van der Waals surface area contributed by atoms with Crippen molar-refractivity contribution >= 4 is 29.1 Å². The molecule has 0 N–H and O–H groups in total. The first-order valence-corrected chi connectivity index (χ1v) is 5.95. The number of hydrogen-bond acceptors (Lipinski definition) is 1. The number of hydrogen-bond donors (Lipinski definition) is 0. The van der Waals surface area contributed by atoms with Crippen LogP contribution in [0.2, 0.25) is 5.02 Å². The standard InChI is InChI=1S/C11H10Cl2F3NO/c12-3-4-17(6-10(15)16)11(18)8-2-1-7(13)5-9(8)14/h1-2,5,10H,3-4,6H2. The lowest BCUT2D eigenvalue weighted by Crippen LogP contribution is -2.37. The third-order valence-corrected chi connectivity index (χ3v) is 2.57. The lowest BCUT2D eigenvalue weighted by atomic mass is 10.2. The van der Waals surface area contributed by atoms with Gasteiger partial charge in [0.1, 0.15) is 5.82 Å². The third-order valence-electron chi connectivity index (χ3n) is 2.16. The van der Waals surface area contributed by atoms with E-state index in [1.54, 1.807) is 0 Å². The summed E-state index contributed by atoms with van der Waals surface area (Å²) < 4.78 is 38.1. The minimum Gasteiger partial charge on any atom is -0.332 e. The molecule has 0 saturated carbocycles. The van der Waals surface area contributed by atoms with E-state index in [-0.39, 0.29) is 23.0 Å². The molecule has 0 heterocycles. The second-order valence-electron chi connectivity index (χ2n) is 3.46. The molecule has 2 nitrogen and oxygen atoms in total. The van der Waals surface area contributed by atoms with Gasteiger partial charge in [0, 0.05) is 17.4 Å². The molecule has 0 spiro atoms. The van der Waals surface area contributed by atoms with Crippen LogP contribution in [0.15, 0.2) is 18.2 Å². The van der Waals surface area contributed by atoms with Gasteiger partial charge in [0.05, 0.1) is 12.1 Å². The smallest absolute Gasteiger partial charge is 0.257 e. The molecule has 0 aliphatic carbocycles. The molecular weight excluding hydrogens is 290 g/mol. The van der Waals surface area contributed by atoms with Crippen LogP contribution in [0.1, 0.15) is 10.4 Å². The molecule has 0 atom stereocenters. The summed E-state index contributed by atoms with van der Waals surface area (Å²) in [5, 5.41) is 0.127. The van der Waals surface area contributed by atoms with Crippen LogP contribution < -0.4 is 0 Å². The first-order chi connectivity index (χ1) is 8.45. The highest BCUT2D eigenvalue weighted by Gasteiger charge is 2.21. The van der Waals surface area contributed by atoms with Crippen LogP contribution in [0.5, 0.6) is 0 Å². The van der Waals surface area contributed by atoms with Crippen molar-refractivity contribution in [2.75, 3.05) is 19.0 Å². The Morgan fingerprint density at radius 2 is 2.06 bits per heavy atom. The van der Waals surface area contributed by atoms with Gasteiger partial charge in [0.25, 0.3) is 12.3 Å². The van der Waals surface area contributed by atoms with Crippen LogP contribution in [0.3, 0.4) is 0 Å². The number of rotatable bonds is 5. The lowest BCUT2D eigenvalue weighted by Gasteiger charge is -2.21. The number of carbonyl (C=O) groups excluding carboxylic acids is 1. The van der Waals surface area contributed by atoms with E-state index in [9.17, 15) is 18.0 Å². The fourth-order valence-corrected chi connectivity index (χ4v) is 1.74. The van der Waals surface area contributed by atoms with Crippen molar-refractivity contribution in [3.05, 3.63) is 34.6 Å². The summed E-state index contributed by atoms with van der Waals surface area (Å²) in [7, 11) is 0. The predicted molar refractivity (Wildman–Crippen MR) is 64.0 cm³/mol. The van der Waals surface area contributed by atoms with Gasteiger partial charge in [0.15, 0.2) is 0 Å². The van der Waals surface area contributed by atoms with Crippen molar-refractivity contribution in [2.45, 2.75) is 6.43 Å². The second kappa shape index (κ2) is 6.85. The number of carbonyl (C=O) groups is 1. The number of benzene rings is 1. The van der Waals surface area contributed by atoms with Gasteiger partial charge in [-0.3, -0.25) is 4.79 Å². The Morgan fingerprint density at radius 3 is 2.56 bits per heavy atom. The quantitative estimate of drug-likeness (QED) is 0.763. The molecule has 0 fully saturated rings. The first-order valence-electron chi connectivity index (χ1n) is 5.04. The SMILES string of the molecule is O=C(c1ccc(Cl)cc1F)N(CCCl)CC(F)F. The minimum absolute atomic E-state index is 0.00628. The molecule has 18 heavy (non-hydrogen) atoms. The van der Waals surface area contributed by atoms with Crippen LogP contribution in [0.4, 0.5) is 13.2 Å². The van der Waals surface area contributed by atoms with Crippen LogP contribution in [0.25, 0.3) is 0 Å². The minimum atomic E-state index is -2.70. The van der Waals surface area contributed by atoms with E-state index in [0.717, 1.165) is 17.0 Å². The predicted octanol–water partition coefficient (Wildman–Crippen LogP) is 3.43. The monoisotopic (exact) mass is 299 g/mol. The Morgan fingerprint density at radius 1 is 1.39 bits per heavy atom. The zero-order valence-corrected chi connectivity index (χ0v) is 10.7. The summed E-state index contributed by atoms with van der Waals surface area (Å²) in [5.74, 6) is -1.68. The Hall–Kier alpha value is -0.940. The fraction of sp³-hybridized carbons (Fsp3) is 0.364. The largest absolute Gasteiger partial charge is 0.332 e. The van der Waals surface area contributed by atoms with Crippen LogP contribution in [-0.2, 0) is 0 Å². The van der Waals surface area contributed by atoms with Crippen molar-refractivity contribution in [3.63, 3.8) is 0 Å². The van der Waals surface area contributed by atoms with Gasteiger partial charge in [-0.15, -0.1) is 11.6 Å². The molecule has 7 heteroatoms. The second-order valence-corrected chi connectivity index (χ2v) is 4.27. The molecule has 1 amide bonds. The highest BCUT2D eigenvalue weighted by atomic mass is 35.5. The zero-order chi connectivity index (χ0) is 13.7. The van der Waals surface area contributed by atoms with Crippen molar-refractivity contribution < 1.29 is 18.0 Å². The van der Waals surface area contributed by atoms with E-state index in [4.69, 9.17) is 23.2 Å². The Balaban J connectivity index is 2.94. The van der Waals surface area contributed by atoms with Crippen molar-refractivity contribution in [3.8, 4) is 0 Å². The lowest BCUT2D eigenvalue weighted by molar-refractivity contribution is 0.0567. The van der Waals surface area contributed by atoms with E-state index >= 15 is 0 Å². The summed E-state index contributed by atoms with van der Waals surface area (Å²) in [6.45, 7) is -0.861. The summed E-state index contributed by atoms with van der Waals surface area (Å²) in [6.07, 6.45) is -2.70. The first kappa shape index (κ1) is 15.1. The Bertz CT molecular complexity index is 429. The van der Waals surface area contributed by atoms with Gasteiger partial charge in [0.2, 0.25) is 0 Å². The molecule has 100 valence electrons. The van der Waals surface area contributed by atoms with Gasteiger partial charge < -0.3 is 4.90 Å². The summed E-state index contributed by atoms with van der Waals surface area (Å²) in [4.78, 5) is 12.7. The molecule has 0 aliphatic heterocycles. The van der Waals surface area contributed by atoms with Gasteiger partial charge in [-0.2, -0.15) is 0 Å². The number of amides is 1. The average molecular weight is 300 g/mol. The normalized spacial score (nSPS) is 10.8. The Labute approximate surface area is 112 Å². The van der Waals surface area contributed by atoms with Gasteiger partial charge in [-0.1, -0.05) is 11.6 Å². The molecule has 0 aliphatic rings. The number of nitrogens with zero attached hydrogens (tertiary/aromatic N) is 1. The number of halogens is 5. The van der Waals surface area contributed by atoms with Crippen molar-refractivity contribution in [2.24, 2.45) is 0 Å². The maximum absolute atomic E-state index is 13.5. The van der Waals surface area contributed by atoms with Gasteiger partial charge >= 0.3 is 0 Å². The molecule has 1 aromatic carbocycles.